The fourth-order valence-electron chi connectivity index (χ4n) is 4.30. The molecule has 0 atom stereocenters. The lowest BCUT2D eigenvalue weighted by atomic mass is 9.52. The largest absolute Gasteiger partial charge is 0.287 e. The van der Waals surface area contributed by atoms with Crippen LogP contribution in [0.15, 0.2) is 0 Å². The van der Waals surface area contributed by atoms with Crippen LogP contribution >= 0.6 is 22.6 Å². The van der Waals surface area contributed by atoms with E-state index in [4.69, 9.17) is 0 Å². The third-order valence-corrected chi connectivity index (χ3v) is 5.21. The van der Waals surface area contributed by atoms with Gasteiger partial charge in [0.05, 0.1) is 0 Å². The van der Waals surface area contributed by atoms with E-state index in [1.54, 1.807) is 0 Å². The van der Waals surface area contributed by atoms with Crippen molar-refractivity contribution in [1.82, 2.24) is 0 Å². The van der Waals surface area contributed by atoms with Crippen LogP contribution in [0, 0.1) is 29.6 Å². The van der Waals surface area contributed by atoms with Crippen molar-refractivity contribution in [3.63, 3.8) is 0 Å². The highest BCUT2D eigenvalue weighted by Gasteiger charge is 2.49. The van der Waals surface area contributed by atoms with E-state index in [1.807, 2.05) is 22.6 Å². The molecular formula is C11H15IO. The Bertz CT molecular complexity index is 220. The first-order valence-corrected chi connectivity index (χ1v) is 6.51. The summed E-state index contributed by atoms with van der Waals surface area (Å²) in [5, 5.41) is 0. The van der Waals surface area contributed by atoms with E-state index < -0.39 is 0 Å². The fraction of sp³-hybridized carbons (Fsp3) is 0.909. The number of hydrogen-bond acceptors (Lipinski definition) is 1. The summed E-state index contributed by atoms with van der Waals surface area (Å²) in [6.07, 6.45) is 6.95. The topological polar surface area (TPSA) is 17.1 Å². The van der Waals surface area contributed by atoms with E-state index >= 15 is 0 Å². The summed E-state index contributed by atoms with van der Waals surface area (Å²) in [6.45, 7) is 0. The van der Waals surface area contributed by atoms with Gasteiger partial charge < -0.3 is 0 Å². The quantitative estimate of drug-likeness (QED) is 0.536. The average molecular weight is 290 g/mol. The second-order valence-electron chi connectivity index (χ2n) is 5.26. The van der Waals surface area contributed by atoms with Crippen LogP contribution in [-0.2, 0) is 4.79 Å². The van der Waals surface area contributed by atoms with Gasteiger partial charge in [-0.15, -0.1) is 0 Å². The Hall–Kier alpha value is 0.400. The smallest absolute Gasteiger partial charge is 0.196 e. The van der Waals surface area contributed by atoms with Gasteiger partial charge in [0.2, 0.25) is 0 Å². The minimum absolute atomic E-state index is 0.450. The van der Waals surface area contributed by atoms with E-state index in [0.717, 1.165) is 23.7 Å². The van der Waals surface area contributed by atoms with Crippen LogP contribution in [0.25, 0.3) is 0 Å². The number of hydrogen-bond donors (Lipinski definition) is 0. The van der Waals surface area contributed by atoms with Gasteiger partial charge in [-0.1, -0.05) is 0 Å². The lowest BCUT2D eigenvalue weighted by molar-refractivity contribution is -0.125. The molecule has 4 fully saturated rings. The van der Waals surface area contributed by atoms with Gasteiger partial charge in [0, 0.05) is 5.92 Å². The van der Waals surface area contributed by atoms with Crippen LogP contribution in [-0.4, -0.2) is 3.79 Å². The summed E-state index contributed by atoms with van der Waals surface area (Å²) in [6, 6.07) is 0. The van der Waals surface area contributed by atoms with E-state index in [9.17, 15) is 4.79 Å². The van der Waals surface area contributed by atoms with Crippen LogP contribution in [0.4, 0.5) is 0 Å². The maximum atomic E-state index is 11.5. The Morgan fingerprint density at radius 2 is 1.38 bits per heavy atom. The van der Waals surface area contributed by atoms with Gasteiger partial charge in [-0.25, -0.2) is 0 Å². The normalized spacial score (nSPS) is 52.5. The molecule has 4 rings (SSSR count). The van der Waals surface area contributed by atoms with Crippen LogP contribution in [0.3, 0.4) is 0 Å². The lowest BCUT2D eigenvalue weighted by Crippen LogP contribution is -2.46. The Morgan fingerprint density at radius 1 is 0.923 bits per heavy atom. The van der Waals surface area contributed by atoms with Crippen molar-refractivity contribution in [2.24, 2.45) is 29.6 Å². The molecule has 4 aliphatic rings. The molecule has 4 aliphatic carbocycles. The minimum atomic E-state index is 0.450. The highest BCUT2D eigenvalue weighted by molar-refractivity contribution is 14.1. The molecule has 2 heteroatoms. The zero-order valence-corrected chi connectivity index (χ0v) is 9.87. The van der Waals surface area contributed by atoms with Crippen LogP contribution < -0.4 is 0 Å². The predicted octanol–water partition coefficient (Wildman–Crippen LogP) is 3.02. The van der Waals surface area contributed by atoms with Crippen LogP contribution in [0.5, 0.6) is 0 Å². The van der Waals surface area contributed by atoms with E-state index in [-0.39, 0.29) is 0 Å². The van der Waals surface area contributed by atoms with Gasteiger partial charge in [0.15, 0.2) is 3.79 Å². The molecule has 0 amide bonds. The van der Waals surface area contributed by atoms with Gasteiger partial charge in [-0.2, -0.15) is 0 Å². The van der Waals surface area contributed by atoms with E-state index in [1.165, 1.54) is 32.1 Å². The van der Waals surface area contributed by atoms with Gasteiger partial charge in [0.25, 0.3) is 0 Å². The Labute approximate surface area is 92.8 Å². The molecule has 0 aromatic carbocycles. The first-order valence-electron chi connectivity index (χ1n) is 5.43. The molecule has 4 saturated carbocycles. The molecule has 4 bridgehead atoms. The zero-order valence-electron chi connectivity index (χ0n) is 7.71. The predicted molar refractivity (Wildman–Crippen MR) is 59.6 cm³/mol. The van der Waals surface area contributed by atoms with E-state index in [0.29, 0.717) is 9.71 Å². The second kappa shape index (κ2) is 2.94. The Morgan fingerprint density at radius 3 is 1.77 bits per heavy atom. The summed E-state index contributed by atoms with van der Waals surface area (Å²) in [5.74, 6) is 4.00. The monoisotopic (exact) mass is 290 g/mol. The number of halogens is 1. The Kier molecular flexibility index (Phi) is 1.97. The molecule has 0 aromatic heterocycles. The molecule has 0 saturated heterocycles. The van der Waals surface area contributed by atoms with Crippen LogP contribution in [0.1, 0.15) is 32.1 Å². The standard InChI is InChI=1S/C11H15IO/c12-11(13)10-8-2-6-1-7(4-8)5-9(10)3-6/h6-10H,1-5H2. The SMILES string of the molecule is O=C(I)C1C2CC3CC(C2)CC1C3. The molecule has 0 radical (unpaired) electrons. The highest BCUT2D eigenvalue weighted by Crippen LogP contribution is 2.57. The fourth-order valence-corrected chi connectivity index (χ4v) is 5.31. The molecule has 0 aliphatic heterocycles. The van der Waals surface area contributed by atoms with Crippen molar-refractivity contribution >= 4 is 26.4 Å². The number of rotatable bonds is 1. The average Bonchev–Trinajstić information content (AvgIpc) is 2.00. The van der Waals surface area contributed by atoms with Crippen molar-refractivity contribution in [2.45, 2.75) is 32.1 Å². The maximum Gasteiger partial charge on any atom is 0.196 e. The van der Waals surface area contributed by atoms with Crippen molar-refractivity contribution in [3.05, 3.63) is 0 Å². The summed E-state index contributed by atoms with van der Waals surface area (Å²) < 4.78 is 0.450. The molecule has 0 N–H and O–H groups in total. The summed E-state index contributed by atoms with van der Waals surface area (Å²) in [4.78, 5) is 11.5. The van der Waals surface area contributed by atoms with Crippen molar-refractivity contribution in [1.29, 1.82) is 0 Å². The van der Waals surface area contributed by atoms with Crippen molar-refractivity contribution in [3.8, 4) is 0 Å². The molecule has 72 valence electrons. The molecule has 13 heavy (non-hydrogen) atoms. The molecule has 1 nitrogen and oxygen atoms in total. The molecule has 0 aromatic rings. The maximum absolute atomic E-state index is 11.5. The zero-order chi connectivity index (χ0) is 9.00. The molecule has 0 heterocycles. The number of carbonyl (C=O) groups is 1. The third kappa shape index (κ3) is 1.28. The summed E-state index contributed by atoms with van der Waals surface area (Å²) in [7, 11) is 0. The van der Waals surface area contributed by atoms with Crippen molar-refractivity contribution in [2.75, 3.05) is 0 Å². The highest BCUT2D eigenvalue weighted by atomic mass is 127. The van der Waals surface area contributed by atoms with Gasteiger partial charge >= 0.3 is 0 Å². The van der Waals surface area contributed by atoms with Crippen LogP contribution in [0.2, 0.25) is 0 Å². The number of carbonyl (C=O) groups excluding carboxylic acids is 1. The van der Waals surface area contributed by atoms with Gasteiger partial charge in [0.1, 0.15) is 0 Å². The summed E-state index contributed by atoms with van der Waals surface area (Å²) in [5.41, 5.74) is 0. The first-order chi connectivity index (χ1) is 6.24. The summed E-state index contributed by atoms with van der Waals surface area (Å²) >= 11 is 2.03. The second-order valence-corrected chi connectivity index (χ2v) is 6.32. The molecular weight excluding hydrogens is 275 g/mol. The van der Waals surface area contributed by atoms with E-state index in [2.05, 4.69) is 0 Å². The molecule has 0 spiro atoms. The van der Waals surface area contributed by atoms with Gasteiger partial charge in [-0.05, 0) is 78.4 Å². The first kappa shape index (κ1) is 8.69. The molecule has 0 unspecified atom stereocenters. The Balaban J connectivity index is 1.89. The minimum Gasteiger partial charge on any atom is -0.287 e. The van der Waals surface area contributed by atoms with Gasteiger partial charge in [-0.3, -0.25) is 4.79 Å². The third-order valence-electron chi connectivity index (χ3n) is 4.49. The lowest BCUT2D eigenvalue weighted by Gasteiger charge is -2.53. The van der Waals surface area contributed by atoms with Crippen molar-refractivity contribution < 1.29 is 4.79 Å².